The van der Waals surface area contributed by atoms with Gasteiger partial charge in [0.1, 0.15) is 35.9 Å². The van der Waals surface area contributed by atoms with Crippen molar-refractivity contribution in [3.63, 3.8) is 0 Å². The molecule has 1 fully saturated rings. The number of aromatic nitrogens is 3. The normalized spacial score (nSPS) is 22.6. The van der Waals surface area contributed by atoms with Crippen molar-refractivity contribution in [2.24, 2.45) is 0 Å². The van der Waals surface area contributed by atoms with E-state index < -0.39 is 49.1 Å². The number of aliphatic hydroxyl groups excluding tert-OH is 4. The number of nitrogens with one attached hydrogen (secondary N) is 2. The molecule has 1 saturated heterocycles. The number of fused-ring (bicyclic) bond motifs is 11. The summed E-state index contributed by atoms with van der Waals surface area (Å²) in [5.74, 6) is -1.50. The van der Waals surface area contributed by atoms with E-state index >= 15 is 0 Å². The first-order chi connectivity index (χ1) is 24.2. The Balaban J connectivity index is 1.30. The van der Waals surface area contributed by atoms with Gasteiger partial charge in [-0.3, -0.25) is 14.6 Å². The zero-order valence-corrected chi connectivity index (χ0v) is 26.0. The van der Waals surface area contributed by atoms with Gasteiger partial charge in [0, 0.05) is 39.1 Å². The van der Waals surface area contributed by atoms with Gasteiger partial charge in [0.2, 0.25) is 0 Å². The number of hydrogen-bond donors (Lipinski definition) is 8. The highest BCUT2D eigenvalue weighted by Gasteiger charge is 2.47. The lowest BCUT2D eigenvalue weighted by atomic mass is 9.96. The molecule has 0 unspecified atom stereocenters. The fraction of sp³-hybridized carbons (Fsp3) is 0.194. The van der Waals surface area contributed by atoms with Gasteiger partial charge in [-0.1, -0.05) is 24.3 Å². The molecule has 50 heavy (non-hydrogen) atoms. The lowest BCUT2D eigenvalue weighted by Crippen LogP contribution is -2.56. The number of aromatic hydroxyl groups is 2. The number of hydrazine groups is 1. The number of para-hydroxylation sites is 1. The third-order valence-corrected chi connectivity index (χ3v) is 9.79. The molecule has 5 atom stereocenters. The molecule has 4 aromatic carbocycles. The molecule has 0 saturated carbocycles. The van der Waals surface area contributed by atoms with Crippen LogP contribution in [0.15, 0.2) is 72.8 Å². The molecular weight excluding hydrogens is 646 g/mol. The summed E-state index contributed by atoms with van der Waals surface area (Å²) in [5.41, 5.74) is 5.78. The summed E-state index contributed by atoms with van der Waals surface area (Å²) in [5, 5.41) is 67.1. The number of amides is 2. The molecule has 14 heteroatoms. The van der Waals surface area contributed by atoms with Gasteiger partial charge in [-0.15, -0.1) is 0 Å². The lowest BCUT2D eigenvalue weighted by molar-refractivity contribution is -0.249. The average molecular weight is 676 g/mol. The molecule has 2 amide bonds. The number of carbonyl (C=O) groups excluding carboxylic acids is 2. The third-order valence-electron chi connectivity index (χ3n) is 9.79. The van der Waals surface area contributed by atoms with Crippen LogP contribution in [0, 0.1) is 0 Å². The summed E-state index contributed by atoms with van der Waals surface area (Å²) in [7, 11) is 0. The number of phenols is 2. The van der Waals surface area contributed by atoms with E-state index in [1.807, 2.05) is 30.3 Å². The molecule has 3 aromatic heterocycles. The molecule has 5 heterocycles. The Morgan fingerprint density at radius 1 is 0.820 bits per heavy atom. The quantitative estimate of drug-likeness (QED) is 0.124. The molecule has 0 bridgehead atoms. The number of H-pyrrole nitrogens is 1. The van der Waals surface area contributed by atoms with Crippen molar-refractivity contribution in [3.8, 4) is 11.5 Å². The number of aliphatic hydroxyl groups is 4. The van der Waals surface area contributed by atoms with Crippen molar-refractivity contribution in [1.29, 1.82) is 0 Å². The second kappa shape index (κ2) is 10.9. The minimum atomic E-state index is -1.73. The SMILES string of the molecule is O=C1c2c(c3c4ccc(O)cc4n([C@@H]4O[C@H](CO)[C@@H](O)[C@H](O)[C@H]4O)c3c3[nH]c4cc(O)ccc4c23)C(=O)N1NCc1ccc2ccccc2n1. The minimum absolute atomic E-state index is 0.0458. The number of imide groups is 1. The highest BCUT2D eigenvalue weighted by molar-refractivity contribution is 6.39. The van der Waals surface area contributed by atoms with Crippen molar-refractivity contribution in [3.05, 3.63) is 89.6 Å². The number of ether oxygens (including phenoxy) is 1. The summed E-state index contributed by atoms with van der Waals surface area (Å²) in [6.07, 6.45) is -7.79. The van der Waals surface area contributed by atoms with Crippen LogP contribution in [-0.4, -0.2) is 93.0 Å². The van der Waals surface area contributed by atoms with Gasteiger partial charge in [0.15, 0.2) is 6.23 Å². The van der Waals surface area contributed by atoms with E-state index in [4.69, 9.17) is 4.74 Å². The maximum absolute atomic E-state index is 14.5. The molecule has 0 radical (unpaired) electrons. The molecule has 9 rings (SSSR count). The molecule has 252 valence electrons. The van der Waals surface area contributed by atoms with Crippen LogP contribution < -0.4 is 5.43 Å². The van der Waals surface area contributed by atoms with Crippen molar-refractivity contribution in [2.45, 2.75) is 37.2 Å². The van der Waals surface area contributed by atoms with Crippen LogP contribution in [0.1, 0.15) is 32.6 Å². The van der Waals surface area contributed by atoms with Crippen LogP contribution >= 0.6 is 0 Å². The highest BCUT2D eigenvalue weighted by atomic mass is 16.6. The maximum Gasteiger partial charge on any atom is 0.276 e. The monoisotopic (exact) mass is 675 g/mol. The number of carbonyl (C=O) groups is 2. The summed E-state index contributed by atoms with van der Waals surface area (Å²) < 4.78 is 7.50. The van der Waals surface area contributed by atoms with Crippen molar-refractivity contribution < 1.29 is 45.0 Å². The van der Waals surface area contributed by atoms with Gasteiger partial charge in [-0.2, -0.15) is 0 Å². The first-order valence-corrected chi connectivity index (χ1v) is 15.9. The van der Waals surface area contributed by atoms with Gasteiger partial charge in [-0.25, -0.2) is 10.4 Å². The van der Waals surface area contributed by atoms with Gasteiger partial charge in [0.25, 0.3) is 11.8 Å². The Morgan fingerprint density at radius 2 is 1.54 bits per heavy atom. The molecule has 14 nitrogen and oxygen atoms in total. The fourth-order valence-electron chi connectivity index (χ4n) is 7.48. The number of pyridine rings is 1. The number of rotatable bonds is 5. The molecule has 0 aliphatic carbocycles. The second-order valence-corrected chi connectivity index (χ2v) is 12.6. The van der Waals surface area contributed by atoms with Crippen LogP contribution in [0.3, 0.4) is 0 Å². The van der Waals surface area contributed by atoms with Crippen LogP contribution in [0.5, 0.6) is 11.5 Å². The molecule has 7 aromatic rings. The average Bonchev–Trinajstić information content (AvgIpc) is 3.72. The predicted molar refractivity (Wildman–Crippen MR) is 180 cm³/mol. The number of phenolic OH excluding ortho intramolecular Hbond substituents is 2. The number of aromatic amines is 1. The summed E-state index contributed by atoms with van der Waals surface area (Å²) in [4.78, 5) is 36.8. The number of hydrogen-bond acceptors (Lipinski definition) is 11. The standard InChI is InChI=1S/C36H29N5O9/c42-14-24-31(45)32(46)33(47)36(50-24)40-23-12-18(44)8-10-20(23)26-28-27(25-19-9-7-17(43)11-22(19)39-29(25)30(26)40)34(48)41(35(28)49)37-13-16-6-5-15-3-1-2-4-21(15)38-16/h1-12,24,31-33,36-37,39,42-47H,13-14H2/t24-,31-,32+,33-,36-/m1/s1. The van der Waals surface area contributed by atoms with Crippen molar-refractivity contribution >= 4 is 66.3 Å². The predicted octanol–water partition coefficient (Wildman–Crippen LogP) is 2.66. The topological polar surface area (TPSA) is 214 Å². The van der Waals surface area contributed by atoms with E-state index in [0.29, 0.717) is 38.3 Å². The number of benzene rings is 4. The molecule has 2 aliphatic heterocycles. The van der Waals surface area contributed by atoms with E-state index in [9.17, 15) is 40.2 Å². The fourth-order valence-corrected chi connectivity index (χ4v) is 7.48. The van der Waals surface area contributed by atoms with Gasteiger partial charge in [-0.05, 0) is 36.4 Å². The largest absolute Gasteiger partial charge is 0.508 e. The zero-order valence-electron chi connectivity index (χ0n) is 26.0. The Morgan fingerprint density at radius 3 is 2.32 bits per heavy atom. The third kappa shape index (κ3) is 4.21. The molecular formula is C36H29N5O9. The van der Waals surface area contributed by atoms with Gasteiger partial charge >= 0.3 is 0 Å². The smallest absolute Gasteiger partial charge is 0.276 e. The zero-order chi connectivity index (χ0) is 34.6. The van der Waals surface area contributed by atoms with Gasteiger partial charge in [0.05, 0.1) is 57.6 Å². The maximum atomic E-state index is 14.5. The highest BCUT2D eigenvalue weighted by Crippen LogP contribution is 2.48. The number of nitrogens with zero attached hydrogens (tertiary/aromatic N) is 3. The minimum Gasteiger partial charge on any atom is -0.508 e. The molecule has 8 N–H and O–H groups in total. The summed E-state index contributed by atoms with van der Waals surface area (Å²) in [6, 6.07) is 20.2. The van der Waals surface area contributed by atoms with E-state index in [1.54, 1.807) is 18.2 Å². The van der Waals surface area contributed by atoms with E-state index in [2.05, 4.69) is 15.4 Å². The van der Waals surface area contributed by atoms with Crippen molar-refractivity contribution in [1.82, 2.24) is 25.0 Å². The van der Waals surface area contributed by atoms with Crippen LogP contribution in [0.25, 0.3) is 54.5 Å². The summed E-state index contributed by atoms with van der Waals surface area (Å²) in [6.45, 7) is -0.634. The van der Waals surface area contributed by atoms with Crippen LogP contribution in [0.4, 0.5) is 0 Å². The molecule has 0 spiro atoms. The van der Waals surface area contributed by atoms with Crippen molar-refractivity contribution in [2.75, 3.05) is 6.61 Å². The first-order valence-electron chi connectivity index (χ1n) is 15.9. The van der Waals surface area contributed by atoms with Crippen LogP contribution in [0.2, 0.25) is 0 Å². The second-order valence-electron chi connectivity index (χ2n) is 12.6. The molecule has 2 aliphatic rings. The van der Waals surface area contributed by atoms with E-state index in [1.165, 1.54) is 28.8 Å². The van der Waals surface area contributed by atoms with Gasteiger partial charge < -0.3 is 44.9 Å². The summed E-state index contributed by atoms with van der Waals surface area (Å²) >= 11 is 0. The lowest BCUT2D eigenvalue weighted by Gasteiger charge is -2.41. The van der Waals surface area contributed by atoms with Crippen LogP contribution in [-0.2, 0) is 11.3 Å². The Labute approximate surface area is 280 Å². The Kier molecular flexibility index (Phi) is 6.67. The van der Waals surface area contributed by atoms with E-state index in [-0.39, 0.29) is 40.2 Å². The Hall–Kier alpha value is -5.61. The first kappa shape index (κ1) is 30.4. The van der Waals surface area contributed by atoms with E-state index in [0.717, 1.165) is 15.9 Å². The Bertz CT molecular complexity index is 2580.